The van der Waals surface area contributed by atoms with Gasteiger partial charge in [-0.3, -0.25) is 9.59 Å². The topological polar surface area (TPSA) is 105 Å². The fourth-order valence-electron chi connectivity index (χ4n) is 3.19. The molecule has 0 aliphatic carbocycles. The monoisotopic (exact) mass is 429 g/mol. The largest absolute Gasteiger partial charge is 0.494 e. The zero-order valence-electron chi connectivity index (χ0n) is 15.8. The number of anilines is 3. The molecule has 154 valence electrons. The van der Waals surface area contributed by atoms with Crippen LogP contribution < -0.4 is 20.7 Å². The van der Waals surface area contributed by atoms with E-state index in [1.54, 1.807) is 12.1 Å². The molecule has 0 bridgehead atoms. The summed E-state index contributed by atoms with van der Waals surface area (Å²) < 4.78 is 18.8. The second-order valence-electron chi connectivity index (χ2n) is 6.74. The number of halogens is 2. The summed E-state index contributed by atoms with van der Waals surface area (Å²) in [6, 6.07) is 7.59. The lowest BCUT2D eigenvalue weighted by atomic mass is 10.1. The normalized spacial score (nSPS) is 15.7. The molecule has 1 aliphatic heterocycles. The van der Waals surface area contributed by atoms with Crippen molar-refractivity contribution in [3.8, 4) is 5.75 Å². The van der Waals surface area contributed by atoms with Crippen LogP contribution in [0.1, 0.15) is 6.42 Å². The van der Waals surface area contributed by atoms with E-state index in [4.69, 9.17) is 16.3 Å². The van der Waals surface area contributed by atoms with Crippen molar-refractivity contribution >= 4 is 51.5 Å². The summed E-state index contributed by atoms with van der Waals surface area (Å²) in [7, 11) is 1.48. The molecule has 3 N–H and O–H groups in total. The van der Waals surface area contributed by atoms with Gasteiger partial charge in [0, 0.05) is 30.1 Å². The molecule has 1 atom stereocenters. The van der Waals surface area contributed by atoms with E-state index < -0.39 is 11.7 Å². The van der Waals surface area contributed by atoms with Gasteiger partial charge in [-0.25, -0.2) is 14.4 Å². The summed E-state index contributed by atoms with van der Waals surface area (Å²) in [5.74, 6) is -0.560. The van der Waals surface area contributed by atoms with Gasteiger partial charge in [-0.05, 0) is 24.3 Å². The maximum absolute atomic E-state index is 13.4. The first kappa shape index (κ1) is 19.8. The number of hydrogen-bond acceptors (Lipinski definition) is 6. The van der Waals surface area contributed by atoms with Gasteiger partial charge in [-0.15, -0.1) is 0 Å². The Bertz CT molecular complexity index is 1160. The van der Waals surface area contributed by atoms with E-state index in [2.05, 4.69) is 25.9 Å². The van der Waals surface area contributed by atoms with E-state index in [9.17, 15) is 14.0 Å². The summed E-state index contributed by atoms with van der Waals surface area (Å²) >= 11 is 5.85. The molecule has 4 rings (SSSR count). The van der Waals surface area contributed by atoms with Crippen LogP contribution >= 0.6 is 11.6 Å². The van der Waals surface area contributed by atoms with E-state index >= 15 is 0 Å². The van der Waals surface area contributed by atoms with Crippen LogP contribution in [0.25, 0.3) is 10.9 Å². The van der Waals surface area contributed by atoms with Crippen molar-refractivity contribution in [1.29, 1.82) is 0 Å². The molecule has 2 aromatic carbocycles. The number of hydrogen-bond donors (Lipinski definition) is 3. The molecule has 30 heavy (non-hydrogen) atoms. The zero-order chi connectivity index (χ0) is 21.3. The molecule has 1 aliphatic rings. The fourth-order valence-corrected chi connectivity index (χ4v) is 3.37. The van der Waals surface area contributed by atoms with Crippen LogP contribution in [0.15, 0.2) is 36.7 Å². The van der Waals surface area contributed by atoms with Crippen molar-refractivity contribution in [3.05, 3.63) is 47.5 Å². The van der Waals surface area contributed by atoms with E-state index in [0.717, 1.165) is 0 Å². The van der Waals surface area contributed by atoms with Gasteiger partial charge in [0.2, 0.25) is 11.8 Å². The van der Waals surface area contributed by atoms with Gasteiger partial charge < -0.3 is 20.7 Å². The van der Waals surface area contributed by atoms with Crippen LogP contribution in [0.2, 0.25) is 5.02 Å². The predicted octanol–water partition coefficient (Wildman–Crippen LogP) is 3.25. The molecule has 10 heteroatoms. The van der Waals surface area contributed by atoms with E-state index in [1.807, 2.05) is 0 Å². The number of benzene rings is 2. The summed E-state index contributed by atoms with van der Waals surface area (Å²) in [4.78, 5) is 32.4. The van der Waals surface area contributed by atoms with E-state index in [0.29, 0.717) is 40.4 Å². The van der Waals surface area contributed by atoms with Crippen molar-refractivity contribution in [3.63, 3.8) is 0 Å². The molecule has 1 aromatic heterocycles. The average Bonchev–Trinajstić information content (AvgIpc) is 3.17. The van der Waals surface area contributed by atoms with Crippen molar-refractivity contribution in [2.75, 3.05) is 24.3 Å². The summed E-state index contributed by atoms with van der Waals surface area (Å²) in [5, 5.41) is 9.12. The van der Waals surface area contributed by atoms with E-state index in [-0.39, 0.29) is 23.3 Å². The minimum atomic E-state index is -0.524. The summed E-state index contributed by atoms with van der Waals surface area (Å²) in [6.07, 6.45) is 1.52. The second kappa shape index (κ2) is 8.11. The number of ether oxygens (including phenoxy) is 1. The summed E-state index contributed by atoms with van der Waals surface area (Å²) in [5.41, 5.74) is 1.54. The Kier molecular flexibility index (Phi) is 5.37. The van der Waals surface area contributed by atoms with Crippen LogP contribution in [0, 0.1) is 11.7 Å². The van der Waals surface area contributed by atoms with Gasteiger partial charge in [0.25, 0.3) is 0 Å². The Morgan fingerprint density at radius 3 is 2.83 bits per heavy atom. The highest BCUT2D eigenvalue weighted by Crippen LogP contribution is 2.34. The Balaban J connectivity index is 1.68. The molecule has 0 radical (unpaired) electrons. The molecular formula is C20H17ClFN5O3. The smallest absolute Gasteiger partial charge is 0.229 e. The predicted molar refractivity (Wildman–Crippen MR) is 111 cm³/mol. The van der Waals surface area contributed by atoms with Crippen LogP contribution in [-0.4, -0.2) is 35.4 Å². The van der Waals surface area contributed by atoms with Gasteiger partial charge in [0.15, 0.2) is 0 Å². The minimum absolute atomic E-state index is 0.0206. The third kappa shape index (κ3) is 3.97. The first-order valence-electron chi connectivity index (χ1n) is 9.07. The van der Waals surface area contributed by atoms with Crippen molar-refractivity contribution in [2.24, 2.45) is 5.92 Å². The molecule has 1 fully saturated rings. The molecule has 0 unspecified atom stereocenters. The molecule has 3 aromatic rings. The second-order valence-corrected chi connectivity index (χ2v) is 7.15. The highest BCUT2D eigenvalue weighted by molar-refractivity contribution is 6.31. The Morgan fingerprint density at radius 2 is 2.13 bits per heavy atom. The van der Waals surface area contributed by atoms with Gasteiger partial charge >= 0.3 is 0 Å². The number of aromatic nitrogens is 2. The molecule has 0 spiro atoms. The van der Waals surface area contributed by atoms with Gasteiger partial charge in [0.1, 0.15) is 23.7 Å². The summed E-state index contributed by atoms with van der Waals surface area (Å²) in [6.45, 7) is 0.293. The number of fused-ring (bicyclic) bond motifs is 1. The van der Waals surface area contributed by atoms with Crippen LogP contribution in [-0.2, 0) is 9.59 Å². The standard InChI is InChI=1S/C20H17ClFN5O3/c1-30-17-7-15-12(6-16(17)27-20(29)10-4-18(28)23-8-10)19(25-9-24-15)26-11-2-3-14(22)13(21)5-11/h2-3,5-7,9-10H,4,8H2,1H3,(H,23,28)(H,27,29)(H,24,25,26)/t10-/m1/s1. The SMILES string of the molecule is COc1cc2ncnc(Nc3ccc(F)c(Cl)c3)c2cc1NC(=O)[C@H]1CNC(=O)C1. The van der Waals surface area contributed by atoms with Crippen molar-refractivity contribution in [2.45, 2.75) is 6.42 Å². The third-order valence-corrected chi connectivity index (χ3v) is 5.03. The minimum Gasteiger partial charge on any atom is -0.494 e. The van der Waals surface area contributed by atoms with Crippen LogP contribution in [0.4, 0.5) is 21.6 Å². The number of methoxy groups -OCH3 is 1. The number of amides is 2. The van der Waals surface area contributed by atoms with Gasteiger partial charge in [-0.2, -0.15) is 0 Å². The van der Waals surface area contributed by atoms with E-state index in [1.165, 1.54) is 31.6 Å². The quantitative estimate of drug-likeness (QED) is 0.575. The molecule has 2 heterocycles. The lowest BCUT2D eigenvalue weighted by Gasteiger charge is -2.15. The number of rotatable bonds is 5. The molecular weight excluding hydrogens is 413 g/mol. The average molecular weight is 430 g/mol. The van der Waals surface area contributed by atoms with Crippen molar-refractivity contribution < 1.29 is 18.7 Å². The number of nitrogens with one attached hydrogen (secondary N) is 3. The maximum Gasteiger partial charge on any atom is 0.229 e. The molecule has 8 nitrogen and oxygen atoms in total. The first-order chi connectivity index (χ1) is 14.4. The molecule has 1 saturated heterocycles. The Hall–Kier alpha value is -3.46. The maximum atomic E-state index is 13.4. The highest BCUT2D eigenvalue weighted by atomic mass is 35.5. The number of carbonyl (C=O) groups excluding carboxylic acids is 2. The van der Waals surface area contributed by atoms with Gasteiger partial charge in [0.05, 0.1) is 29.3 Å². The Morgan fingerprint density at radius 1 is 1.30 bits per heavy atom. The zero-order valence-corrected chi connectivity index (χ0v) is 16.6. The fraction of sp³-hybridized carbons (Fsp3) is 0.200. The van der Waals surface area contributed by atoms with Crippen LogP contribution in [0.3, 0.4) is 0 Å². The number of nitrogens with zero attached hydrogens (tertiary/aromatic N) is 2. The number of carbonyl (C=O) groups is 2. The highest BCUT2D eigenvalue weighted by Gasteiger charge is 2.28. The van der Waals surface area contributed by atoms with Gasteiger partial charge in [-0.1, -0.05) is 11.6 Å². The lowest BCUT2D eigenvalue weighted by molar-refractivity contribution is -0.123. The molecule has 0 saturated carbocycles. The third-order valence-electron chi connectivity index (χ3n) is 4.75. The first-order valence-corrected chi connectivity index (χ1v) is 9.45. The Labute approximate surface area is 175 Å². The van der Waals surface area contributed by atoms with Crippen molar-refractivity contribution in [1.82, 2.24) is 15.3 Å². The molecule has 2 amide bonds. The van der Waals surface area contributed by atoms with Crippen LogP contribution in [0.5, 0.6) is 5.75 Å². The lowest BCUT2D eigenvalue weighted by Crippen LogP contribution is -2.24.